The van der Waals surface area contributed by atoms with E-state index in [1.54, 1.807) is 0 Å². The van der Waals surface area contributed by atoms with Crippen molar-refractivity contribution in [3.8, 4) is 0 Å². The number of amides is 1. The Morgan fingerprint density at radius 2 is 2.15 bits per heavy atom. The number of carbonyl (C=O) groups excluding carboxylic acids is 1. The SMILES string of the molecule is CCC1(CO)CCN(C(=O)Cc2sc(=S)[nH]c2C)CC1. The normalized spacial score (nSPS) is 18.2. The smallest absolute Gasteiger partial charge is 0.227 e. The molecule has 1 aromatic rings. The molecule has 1 amide bonds. The quantitative estimate of drug-likeness (QED) is 0.840. The van der Waals surface area contributed by atoms with Crippen LogP contribution in [-0.2, 0) is 11.2 Å². The molecule has 0 bridgehead atoms. The van der Waals surface area contributed by atoms with Gasteiger partial charge in [0.2, 0.25) is 5.91 Å². The van der Waals surface area contributed by atoms with Crippen molar-refractivity contribution in [3.63, 3.8) is 0 Å². The van der Waals surface area contributed by atoms with Crippen molar-refractivity contribution < 1.29 is 9.90 Å². The highest BCUT2D eigenvalue weighted by Crippen LogP contribution is 2.34. The standard InChI is InChI=1S/C14H22N2O2S2/c1-3-14(9-17)4-6-16(7-5-14)12(18)8-11-10(2)15-13(19)20-11/h17H,3-9H2,1-2H3,(H,15,19). The first-order chi connectivity index (χ1) is 9.49. The number of H-pyrrole nitrogens is 1. The van der Waals surface area contributed by atoms with Crippen molar-refractivity contribution in [2.45, 2.75) is 39.5 Å². The number of rotatable bonds is 4. The van der Waals surface area contributed by atoms with Gasteiger partial charge in [0.15, 0.2) is 3.95 Å². The van der Waals surface area contributed by atoms with Crippen LogP contribution < -0.4 is 0 Å². The van der Waals surface area contributed by atoms with Crippen LogP contribution in [0.15, 0.2) is 0 Å². The zero-order valence-corrected chi connectivity index (χ0v) is 13.7. The van der Waals surface area contributed by atoms with Crippen molar-refractivity contribution in [1.82, 2.24) is 9.88 Å². The molecule has 1 aliphatic heterocycles. The Morgan fingerprint density at radius 3 is 2.60 bits per heavy atom. The van der Waals surface area contributed by atoms with Crippen molar-refractivity contribution >= 4 is 29.5 Å². The van der Waals surface area contributed by atoms with Gasteiger partial charge in [0.25, 0.3) is 0 Å². The number of hydrogen-bond acceptors (Lipinski definition) is 4. The molecule has 112 valence electrons. The molecule has 6 heteroatoms. The molecule has 2 N–H and O–H groups in total. The van der Waals surface area contributed by atoms with Gasteiger partial charge in [0.05, 0.1) is 6.42 Å². The fourth-order valence-corrected chi connectivity index (χ4v) is 3.99. The summed E-state index contributed by atoms with van der Waals surface area (Å²) in [5.41, 5.74) is 1.03. The summed E-state index contributed by atoms with van der Waals surface area (Å²) in [4.78, 5) is 18.4. The van der Waals surface area contributed by atoms with Gasteiger partial charge in [-0.3, -0.25) is 4.79 Å². The maximum absolute atomic E-state index is 12.3. The van der Waals surface area contributed by atoms with Crippen LogP contribution in [0.3, 0.4) is 0 Å². The molecule has 1 aliphatic rings. The molecular formula is C14H22N2O2S2. The summed E-state index contributed by atoms with van der Waals surface area (Å²) in [5, 5.41) is 9.52. The molecule has 0 saturated carbocycles. The molecule has 0 aliphatic carbocycles. The second kappa shape index (κ2) is 6.37. The highest BCUT2D eigenvalue weighted by atomic mass is 32.1. The summed E-state index contributed by atoms with van der Waals surface area (Å²) in [6.45, 7) is 5.80. The first-order valence-electron chi connectivity index (χ1n) is 7.07. The highest BCUT2D eigenvalue weighted by molar-refractivity contribution is 7.73. The maximum Gasteiger partial charge on any atom is 0.227 e. The number of likely N-dealkylation sites (tertiary alicyclic amines) is 1. The number of carbonyl (C=O) groups is 1. The molecule has 0 unspecified atom stereocenters. The van der Waals surface area contributed by atoms with Crippen molar-refractivity contribution in [3.05, 3.63) is 14.5 Å². The lowest BCUT2D eigenvalue weighted by Gasteiger charge is -2.40. The van der Waals surface area contributed by atoms with Gasteiger partial charge in [-0.15, -0.1) is 11.3 Å². The second-order valence-electron chi connectivity index (χ2n) is 5.63. The van der Waals surface area contributed by atoms with Crippen LogP contribution in [0.4, 0.5) is 0 Å². The molecule has 2 rings (SSSR count). The van der Waals surface area contributed by atoms with E-state index in [1.807, 2.05) is 11.8 Å². The number of aliphatic hydroxyl groups is 1. The predicted molar refractivity (Wildman–Crippen MR) is 83.6 cm³/mol. The van der Waals surface area contributed by atoms with E-state index in [-0.39, 0.29) is 17.9 Å². The third kappa shape index (κ3) is 3.30. The summed E-state index contributed by atoms with van der Waals surface area (Å²) >= 11 is 6.59. The average molecular weight is 314 g/mol. The molecule has 20 heavy (non-hydrogen) atoms. The Bertz CT molecular complexity index is 522. The fourth-order valence-electron chi connectivity index (χ4n) is 2.71. The average Bonchev–Trinajstić information content (AvgIpc) is 2.77. The Kier molecular flexibility index (Phi) is 4.99. The summed E-state index contributed by atoms with van der Waals surface area (Å²) in [5.74, 6) is 0.168. The molecule has 1 fully saturated rings. The van der Waals surface area contributed by atoms with Gasteiger partial charge in [-0.25, -0.2) is 0 Å². The molecule has 0 aromatic carbocycles. The van der Waals surface area contributed by atoms with Gasteiger partial charge in [0, 0.05) is 30.3 Å². The highest BCUT2D eigenvalue weighted by Gasteiger charge is 2.33. The van der Waals surface area contributed by atoms with Crippen molar-refractivity contribution in [1.29, 1.82) is 0 Å². The van der Waals surface area contributed by atoms with Crippen LogP contribution in [0.1, 0.15) is 36.8 Å². The van der Waals surface area contributed by atoms with Crippen molar-refractivity contribution in [2.75, 3.05) is 19.7 Å². The first kappa shape index (κ1) is 15.7. The van der Waals surface area contributed by atoms with Crippen LogP contribution in [0.5, 0.6) is 0 Å². The topological polar surface area (TPSA) is 56.3 Å². The third-order valence-electron chi connectivity index (χ3n) is 4.50. The summed E-state index contributed by atoms with van der Waals surface area (Å²) < 4.78 is 0.731. The fraction of sp³-hybridized carbons (Fsp3) is 0.714. The largest absolute Gasteiger partial charge is 0.396 e. The minimum atomic E-state index is 0.0250. The number of hydrogen-bond donors (Lipinski definition) is 2. The van der Waals surface area contributed by atoms with Gasteiger partial charge < -0.3 is 15.0 Å². The summed E-state index contributed by atoms with van der Waals surface area (Å²) in [7, 11) is 0. The molecule has 0 radical (unpaired) electrons. The van der Waals surface area contributed by atoms with E-state index in [4.69, 9.17) is 12.2 Å². The van der Waals surface area contributed by atoms with E-state index in [9.17, 15) is 9.90 Å². The molecule has 0 atom stereocenters. The Morgan fingerprint density at radius 1 is 1.50 bits per heavy atom. The van der Waals surface area contributed by atoms with E-state index in [0.29, 0.717) is 6.42 Å². The molecule has 0 spiro atoms. The van der Waals surface area contributed by atoms with Crippen LogP contribution in [0.25, 0.3) is 0 Å². The van der Waals surface area contributed by atoms with E-state index in [1.165, 1.54) is 11.3 Å². The number of aryl methyl sites for hydroxylation is 1. The van der Waals surface area contributed by atoms with Gasteiger partial charge in [-0.05, 0) is 43.8 Å². The van der Waals surface area contributed by atoms with Crippen LogP contribution >= 0.6 is 23.6 Å². The first-order valence-corrected chi connectivity index (χ1v) is 8.29. The van der Waals surface area contributed by atoms with Gasteiger partial charge >= 0.3 is 0 Å². The summed E-state index contributed by atoms with van der Waals surface area (Å²) in [6.07, 6.45) is 3.20. The number of nitrogens with one attached hydrogen (secondary N) is 1. The maximum atomic E-state index is 12.3. The summed E-state index contributed by atoms with van der Waals surface area (Å²) in [6, 6.07) is 0. The third-order valence-corrected chi connectivity index (χ3v) is 5.83. The molecule has 1 aromatic heterocycles. The Hall–Kier alpha value is -0.720. The lowest BCUT2D eigenvalue weighted by Crippen LogP contribution is -2.44. The van der Waals surface area contributed by atoms with E-state index >= 15 is 0 Å². The minimum Gasteiger partial charge on any atom is -0.396 e. The van der Waals surface area contributed by atoms with E-state index < -0.39 is 0 Å². The zero-order chi connectivity index (χ0) is 14.8. The van der Waals surface area contributed by atoms with Crippen LogP contribution in [0, 0.1) is 16.3 Å². The lowest BCUT2D eigenvalue weighted by molar-refractivity contribution is -0.133. The molecule has 2 heterocycles. The minimum absolute atomic E-state index is 0.0250. The van der Waals surface area contributed by atoms with E-state index in [2.05, 4.69) is 11.9 Å². The van der Waals surface area contributed by atoms with Crippen molar-refractivity contribution in [2.24, 2.45) is 5.41 Å². The van der Waals surface area contributed by atoms with Gasteiger partial charge in [-0.1, -0.05) is 6.92 Å². The lowest BCUT2D eigenvalue weighted by atomic mass is 9.77. The monoisotopic (exact) mass is 314 g/mol. The Balaban J connectivity index is 1.95. The Labute approximate surface area is 128 Å². The van der Waals surface area contributed by atoms with E-state index in [0.717, 1.165) is 46.9 Å². The van der Waals surface area contributed by atoms with Crippen LogP contribution in [-0.4, -0.2) is 40.6 Å². The number of aromatic nitrogens is 1. The number of piperidine rings is 1. The number of thiazole rings is 1. The number of aromatic amines is 1. The predicted octanol–water partition coefficient (Wildman–Crippen LogP) is 2.67. The molecular weight excluding hydrogens is 292 g/mol. The number of nitrogens with zero attached hydrogens (tertiary/aromatic N) is 1. The molecule has 1 saturated heterocycles. The molecule has 4 nitrogen and oxygen atoms in total. The number of aliphatic hydroxyl groups excluding tert-OH is 1. The zero-order valence-electron chi connectivity index (χ0n) is 12.1. The van der Waals surface area contributed by atoms with Gasteiger partial charge in [0.1, 0.15) is 0 Å². The van der Waals surface area contributed by atoms with Crippen LogP contribution in [0.2, 0.25) is 0 Å². The van der Waals surface area contributed by atoms with Gasteiger partial charge in [-0.2, -0.15) is 0 Å². The second-order valence-corrected chi connectivity index (χ2v) is 7.40.